The number of aliphatic imine (C=N–C) groups is 1. The number of hydrogen-bond acceptors (Lipinski definition) is 3. The van der Waals surface area contributed by atoms with Crippen LogP contribution < -0.4 is 20.7 Å². The lowest BCUT2D eigenvalue weighted by atomic mass is 10.1. The molecule has 7 heteroatoms. The largest absolute Gasteiger partial charge is 0.496 e. The van der Waals surface area contributed by atoms with Crippen LogP contribution in [0.1, 0.15) is 28.4 Å². The second kappa shape index (κ2) is 11.2. The van der Waals surface area contributed by atoms with Crippen LogP contribution in [0.15, 0.2) is 47.5 Å². The van der Waals surface area contributed by atoms with Crippen molar-refractivity contribution < 1.29 is 9.53 Å². The summed E-state index contributed by atoms with van der Waals surface area (Å²) in [5, 5.41) is 9.69. The zero-order valence-corrected chi connectivity index (χ0v) is 17.3. The van der Waals surface area contributed by atoms with Crippen molar-refractivity contribution in [2.75, 3.05) is 26.7 Å². The minimum atomic E-state index is -0.196. The Balaban J connectivity index is 1.88. The van der Waals surface area contributed by atoms with Crippen molar-refractivity contribution in [3.63, 3.8) is 0 Å². The van der Waals surface area contributed by atoms with Gasteiger partial charge in [0, 0.05) is 25.2 Å². The normalized spacial score (nSPS) is 11.1. The van der Waals surface area contributed by atoms with Gasteiger partial charge in [-0.1, -0.05) is 35.9 Å². The van der Waals surface area contributed by atoms with E-state index in [4.69, 9.17) is 16.3 Å². The number of methoxy groups -OCH3 is 1. The second-order valence-corrected chi connectivity index (χ2v) is 6.58. The predicted octanol–water partition coefficient (Wildman–Crippen LogP) is 3.14. The molecule has 0 bridgehead atoms. The molecule has 0 aliphatic heterocycles. The zero-order valence-electron chi connectivity index (χ0n) is 16.5. The highest BCUT2D eigenvalue weighted by Gasteiger charge is 2.08. The van der Waals surface area contributed by atoms with Crippen LogP contribution in [0.5, 0.6) is 5.75 Å². The lowest BCUT2D eigenvalue weighted by Gasteiger charge is -2.13. The third kappa shape index (κ3) is 6.46. The van der Waals surface area contributed by atoms with Gasteiger partial charge in [-0.2, -0.15) is 0 Å². The molecule has 0 radical (unpaired) electrons. The van der Waals surface area contributed by atoms with Gasteiger partial charge in [-0.05, 0) is 37.6 Å². The van der Waals surface area contributed by atoms with E-state index in [9.17, 15) is 4.79 Å². The van der Waals surface area contributed by atoms with E-state index in [1.54, 1.807) is 31.4 Å². The molecule has 2 aromatic carbocycles. The number of amides is 1. The molecule has 6 nitrogen and oxygen atoms in total. The third-order valence-electron chi connectivity index (χ3n) is 4.02. The van der Waals surface area contributed by atoms with Crippen LogP contribution in [0.4, 0.5) is 0 Å². The maximum Gasteiger partial charge on any atom is 0.252 e. The van der Waals surface area contributed by atoms with Crippen molar-refractivity contribution in [2.45, 2.75) is 20.4 Å². The van der Waals surface area contributed by atoms with E-state index in [2.05, 4.69) is 20.9 Å². The van der Waals surface area contributed by atoms with Crippen molar-refractivity contribution >= 4 is 23.5 Å². The first-order valence-electron chi connectivity index (χ1n) is 9.23. The average molecular weight is 403 g/mol. The Morgan fingerprint density at radius 1 is 1.11 bits per heavy atom. The fourth-order valence-electron chi connectivity index (χ4n) is 2.59. The van der Waals surface area contributed by atoms with E-state index in [1.165, 1.54) is 0 Å². The topological polar surface area (TPSA) is 74.8 Å². The summed E-state index contributed by atoms with van der Waals surface area (Å²) in [7, 11) is 1.66. The molecule has 0 unspecified atom stereocenters. The monoisotopic (exact) mass is 402 g/mol. The SMILES string of the molecule is CCNC(=NCc1ccc(C)cc1OC)NCCNC(=O)c1ccccc1Cl. The number of nitrogens with zero attached hydrogens (tertiary/aromatic N) is 1. The van der Waals surface area contributed by atoms with Gasteiger partial charge < -0.3 is 20.7 Å². The van der Waals surface area contributed by atoms with Crippen molar-refractivity contribution in [3.8, 4) is 5.75 Å². The summed E-state index contributed by atoms with van der Waals surface area (Å²) in [6.07, 6.45) is 0. The molecule has 0 saturated carbocycles. The highest BCUT2D eigenvalue weighted by atomic mass is 35.5. The summed E-state index contributed by atoms with van der Waals surface area (Å²) in [4.78, 5) is 16.8. The Bertz CT molecular complexity index is 824. The maximum atomic E-state index is 12.2. The Labute approximate surface area is 171 Å². The molecule has 2 aromatic rings. The maximum absolute atomic E-state index is 12.2. The number of ether oxygens (including phenoxy) is 1. The van der Waals surface area contributed by atoms with Crippen LogP contribution in [-0.2, 0) is 6.54 Å². The van der Waals surface area contributed by atoms with Gasteiger partial charge in [0.2, 0.25) is 0 Å². The lowest BCUT2D eigenvalue weighted by molar-refractivity contribution is 0.0954. The molecule has 150 valence electrons. The highest BCUT2D eigenvalue weighted by molar-refractivity contribution is 6.33. The molecular formula is C21H27ClN4O2. The van der Waals surface area contributed by atoms with Gasteiger partial charge >= 0.3 is 0 Å². The first-order valence-corrected chi connectivity index (χ1v) is 9.61. The number of benzene rings is 2. The van der Waals surface area contributed by atoms with Crippen molar-refractivity contribution in [2.24, 2.45) is 4.99 Å². The summed E-state index contributed by atoms with van der Waals surface area (Å²) < 4.78 is 5.43. The summed E-state index contributed by atoms with van der Waals surface area (Å²) in [6.45, 7) is 6.24. The number of guanidine groups is 1. The van der Waals surface area contributed by atoms with Gasteiger partial charge in [0.15, 0.2) is 5.96 Å². The number of carbonyl (C=O) groups is 1. The first kappa shape index (κ1) is 21.6. The van der Waals surface area contributed by atoms with Crippen molar-refractivity contribution in [3.05, 3.63) is 64.2 Å². The summed E-state index contributed by atoms with van der Waals surface area (Å²) in [5.74, 6) is 1.31. The van der Waals surface area contributed by atoms with E-state index in [-0.39, 0.29) is 5.91 Å². The Kier molecular flexibility index (Phi) is 8.62. The number of nitrogens with one attached hydrogen (secondary N) is 3. The van der Waals surface area contributed by atoms with Gasteiger partial charge in [0.25, 0.3) is 5.91 Å². The van der Waals surface area contributed by atoms with E-state index >= 15 is 0 Å². The highest BCUT2D eigenvalue weighted by Crippen LogP contribution is 2.20. The van der Waals surface area contributed by atoms with Gasteiger partial charge in [-0.15, -0.1) is 0 Å². The molecular weight excluding hydrogens is 376 g/mol. The Morgan fingerprint density at radius 2 is 1.86 bits per heavy atom. The molecule has 0 aromatic heterocycles. The number of halogens is 1. The molecule has 0 aliphatic carbocycles. The van der Waals surface area contributed by atoms with Gasteiger partial charge in [-0.3, -0.25) is 4.79 Å². The summed E-state index contributed by atoms with van der Waals surface area (Å²) in [6, 6.07) is 13.0. The second-order valence-electron chi connectivity index (χ2n) is 6.17. The number of aryl methyl sites for hydroxylation is 1. The third-order valence-corrected chi connectivity index (χ3v) is 4.35. The van der Waals surface area contributed by atoms with Crippen LogP contribution in [0, 0.1) is 6.92 Å². The molecule has 0 spiro atoms. The van der Waals surface area contributed by atoms with Crippen LogP contribution >= 0.6 is 11.6 Å². The first-order chi connectivity index (χ1) is 13.5. The van der Waals surface area contributed by atoms with Gasteiger partial charge in [0.1, 0.15) is 5.75 Å². The van der Waals surface area contributed by atoms with E-state index in [0.29, 0.717) is 36.2 Å². The molecule has 1 amide bonds. The predicted molar refractivity (Wildman–Crippen MR) is 114 cm³/mol. The minimum Gasteiger partial charge on any atom is -0.496 e. The molecule has 0 saturated heterocycles. The number of carbonyl (C=O) groups excluding carboxylic acids is 1. The van der Waals surface area contributed by atoms with Crippen LogP contribution in [0.3, 0.4) is 0 Å². The standard InChI is InChI=1S/C21H27ClN4O2/c1-4-23-21(26-14-16-10-9-15(2)13-19(16)28-3)25-12-11-24-20(27)17-7-5-6-8-18(17)22/h5-10,13H,4,11-12,14H2,1-3H3,(H,24,27)(H2,23,25,26). The van der Waals surface area contributed by atoms with E-state index in [1.807, 2.05) is 32.0 Å². The number of rotatable bonds is 8. The molecule has 0 fully saturated rings. The van der Waals surface area contributed by atoms with Crippen LogP contribution in [-0.4, -0.2) is 38.6 Å². The quantitative estimate of drug-likeness (QED) is 0.360. The minimum absolute atomic E-state index is 0.196. The van der Waals surface area contributed by atoms with Crippen molar-refractivity contribution in [1.29, 1.82) is 0 Å². The fourth-order valence-corrected chi connectivity index (χ4v) is 2.81. The Morgan fingerprint density at radius 3 is 2.57 bits per heavy atom. The summed E-state index contributed by atoms with van der Waals surface area (Å²) in [5.41, 5.74) is 2.62. The van der Waals surface area contributed by atoms with Crippen molar-refractivity contribution in [1.82, 2.24) is 16.0 Å². The molecule has 28 heavy (non-hydrogen) atoms. The molecule has 3 N–H and O–H groups in total. The average Bonchev–Trinajstić information content (AvgIpc) is 2.70. The molecule has 0 atom stereocenters. The van der Waals surface area contributed by atoms with Gasteiger partial charge in [-0.25, -0.2) is 4.99 Å². The fraction of sp³-hybridized carbons (Fsp3) is 0.333. The number of hydrogen-bond donors (Lipinski definition) is 3. The van der Waals surface area contributed by atoms with E-state index < -0.39 is 0 Å². The van der Waals surface area contributed by atoms with Gasteiger partial charge in [0.05, 0.1) is 24.2 Å². The van der Waals surface area contributed by atoms with E-state index in [0.717, 1.165) is 23.4 Å². The smallest absolute Gasteiger partial charge is 0.252 e. The molecule has 0 heterocycles. The van der Waals surface area contributed by atoms with Crippen LogP contribution in [0.25, 0.3) is 0 Å². The van der Waals surface area contributed by atoms with Crippen LogP contribution in [0.2, 0.25) is 5.02 Å². The summed E-state index contributed by atoms with van der Waals surface area (Å²) >= 11 is 6.04. The zero-order chi connectivity index (χ0) is 20.4. The molecule has 0 aliphatic rings. The lowest BCUT2D eigenvalue weighted by Crippen LogP contribution is -2.41. The Hall–Kier alpha value is -2.73. The molecule has 2 rings (SSSR count).